The molecule has 3 nitrogen and oxygen atoms in total. The van der Waals surface area contributed by atoms with Gasteiger partial charge >= 0.3 is 0 Å². The van der Waals surface area contributed by atoms with Crippen molar-refractivity contribution < 1.29 is 0 Å². The van der Waals surface area contributed by atoms with Crippen LogP contribution in [0.1, 0.15) is 56.0 Å². The van der Waals surface area contributed by atoms with E-state index >= 15 is 0 Å². The maximum Gasteiger partial charge on any atom is 0.0960 e. The summed E-state index contributed by atoms with van der Waals surface area (Å²) in [5.41, 5.74) is 9.90. The van der Waals surface area contributed by atoms with Crippen LogP contribution in [-0.4, -0.2) is 16.1 Å². The summed E-state index contributed by atoms with van der Waals surface area (Å²) in [6.07, 6.45) is 10.1. The number of imidazole rings is 1. The van der Waals surface area contributed by atoms with Crippen LogP contribution in [0, 0.1) is 5.92 Å². The second kappa shape index (κ2) is 4.88. The molecule has 2 N–H and O–H groups in total. The van der Waals surface area contributed by atoms with Gasteiger partial charge in [-0.05, 0) is 61.8 Å². The number of rotatable bonds is 4. The highest BCUT2D eigenvalue weighted by Gasteiger charge is 2.27. The van der Waals surface area contributed by atoms with E-state index in [2.05, 4.69) is 27.8 Å². The van der Waals surface area contributed by atoms with Crippen LogP contribution in [0.3, 0.4) is 0 Å². The monoisotopic (exact) mass is 269 g/mol. The van der Waals surface area contributed by atoms with Gasteiger partial charge in [-0.15, -0.1) is 0 Å². The van der Waals surface area contributed by atoms with Crippen molar-refractivity contribution in [3.63, 3.8) is 0 Å². The fourth-order valence-corrected chi connectivity index (χ4v) is 3.88. The molecule has 1 atom stereocenters. The fourth-order valence-electron chi connectivity index (χ4n) is 3.88. The summed E-state index contributed by atoms with van der Waals surface area (Å²) in [6, 6.07) is 7.53. The molecule has 2 fully saturated rings. The summed E-state index contributed by atoms with van der Waals surface area (Å²) in [4.78, 5) is 4.61. The molecule has 0 amide bonds. The summed E-state index contributed by atoms with van der Waals surface area (Å²) >= 11 is 0. The van der Waals surface area contributed by atoms with E-state index in [1.165, 1.54) is 49.6 Å². The van der Waals surface area contributed by atoms with E-state index in [0.29, 0.717) is 12.0 Å². The minimum atomic E-state index is 0.521. The minimum Gasteiger partial charge on any atom is -0.330 e. The third-order valence-electron chi connectivity index (χ3n) is 5.19. The molecular weight excluding hydrogens is 246 g/mol. The van der Waals surface area contributed by atoms with Gasteiger partial charge in [0, 0.05) is 6.04 Å². The van der Waals surface area contributed by atoms with E-state index in [1.54, 1.807) is 0 Å². The highest BCUT2D eigenvalue weighted by Crippen LogP contribution is 2.39. The lowest BCUT2D eigenvalue weighted by Crippen LogP contribution is -2.19. The predicted octanol–water partition coefficient (Wildman–Crippen LogP) is 3.60. The zero-order chi connectivity index (χ0) is 13.5. The molecule has 0 aliphatic heterocycles. The second-order valence-corrected chi connectivity index (χ2v) is 6.52. The second-order valence-electron chi connectivity index (χ2n) is 6.52. The van der Waals surface area contributed by atoms with Crippen molar-refractivity contribution in [2.24, 2.45) is 11.7 Å². The van der Waals surface area contributed by atoms with Gasteiger partial charge in [0.05, 0.1) is 17.4 Å². The molecule has 2 aromatic rings. The molecule has 2 saturated carbocycles. The Hall–Kier alpha value is -1.35. The molecule has 1 aromatic carbocycles. The summed E-state index contributed by atoms with van der Waals surface area (Å²) < 4.78 is 2.34. The van der Waals surface area contributed by atoms with Crippen LogP contribution in [0.5, 0.6) is 0 Å². The zero-order valence-electron chi connectivity index (χ0n) is 12.0. The highest BCUT2D eigenvalue weighted by atomic mass is 15.1. The Labute approximate surface area is 120 Å². The van der Waals surface area contributed by atoms with Crippen molar-refractivity contribution in [2.75, 3.05) is 6.54 Å². The van der Waals surface area contributed by atoms with Crippen LogP contribution in [0.25, 0.3) is 11.0 Å². The molecule has 1 unspecified atom stereocenters. The normalized spacial score (nSPS) is 21.6. The van der Waals surface area contributed by atoms with Crippen LogP contribution in [0.2, 0.25) is 0 Å². The van der Waals surface area contributed by atoms with Crippen molar-refractivity contribution >= 4 is 11.0 Å². The Balaban J connectivity index is 1.68. The number of aromatic nitrogens is 2. The smallest absolute Gasteiger partial charge is 0.0960 e. The molecule has 4 rings (SSSR count). The molecule has 2 aliphatic rings. The zero-order valence-corrected chi connectivity index (χ0v) is 12.0. The van der Waals surface area contributed by atoms with Crippen LogP contribution in [0.15, 0.2) is 24.5 Å². The quantitative estimate of drug-likeness (QED) is 0.921. The van der Waals surface area contributed by atoms with Gasteiger partial charge in [0.2, 0.25) is 0 Å². The van der Waals surface area contributed by atoms with Gasteiger partial charge in [-0.25, -0.2) is 4.98 Å². The standard InChI is InChI=1S/C17H23N3/c18-10-15(12-3-1-2-4-12)13-5-8-17-16(9-13)19-11-20(17)14-6-7-14/h5,8-9,11-12,14-15H,1-4,6-7,10,18H2. The van der Waals surface area contributed by atoms with Crippen molar-refractivity contribution in [2.45, 2.75) is 50.5 Å². The van der Waals surface area contributed by atoms with Crippen molar-refractivity contribution in [1.82, 2.24) is 9.55 Å². The Bertz CT molecular complexity index is 606. The third-order valence-corrected chi connectivity index (χ3v) is 5.19. The molecule has 0 radical (unpaired) electrons. The van der Waals surface area contributed by atoms with Crippen LogP contribution < -0.4 is 5.73 Å². The maximum absolute atomic E-state index is 6.07. The molecule has 1 aromatic heterocycles. The number of nitrogens with two attached hydrogens (primary N) is 1. The average molecular weight is 269 g/mol. The van der Waals surface area contributed by atoms with Crippen LogP contribution in [-0.2, 0) is 0 Å². The number of hydrogen-bond acceptors (Lipinski definition) is 2. The van der Waals surface area contributed by atoms with E-state index in [-0.39, 0.29) is 0 Å². The lowest BCUT2D eigenvalue weighted by Gasteiger charge is -2.22. The SMILES string of the molecule is NCC(c1ccc2c(c1)ncn2C1CC1)C1CCCC1. The number of nitrogens with zero attached hydrogens (tertiary/aromatic N) is 2. The van der Waals surface area contributed by atoms with Gasteiger partial charge in [0.1, 0.15) is 0 Å². The van der Waals surface area contributed by atoms with E-state index in [4.69, 9.17) is 5.73 Å². The molecule has 1 heterocycles. The summed E-state index contributed by atoms with van der Waals surface area (Å²) in [7, 11) is 0. The Morgan fingerprint density at radius 3 is 2.70 bits per heavy atom. The van der Waals surface area contributed by atoms with Gasteiger partial charge in [-0.3, -0.25) is 0 Å². The topological polar surface area (TPSA) is 43.8 Å². The van der Waals surface area contributed by atoms with E-state index in [1.807, 2.05) is 6.33 Å². The van der Waals surface area contributed by atoms with Crippen molar-refractivity contribution in [3.8, 4) is 0 Å². The van der Waals surface area contributed by atoms with Crippen LogP contribution in [0.4, 0.5) is 0 Å². The summed E-state index contributed by atoms with van der Waals surface area (Å²) in [6.45, 7) is 0.763. The first-order chi connectivity index (χ1) is 9.86. The minimum absolute atomic E-state index is 0.521. The predicted molar refractivity (Wildman–Crippen MR) is 81.8 cm³/mol. The number of fused-ring (bicyclic) bond motifs is 1. The Kier molecular flexibility index (Phi) is 3.03. The van der Waals surface area contributed by atoms with E-state index < -0.39 is 0 Å². The highest BCUT2D eigenvalue weighted by molar-refractivity contribution is 5.76. The number of benzene rings is 1. The molecule has 20 heavy (non-hydrogen) atoms. The third kappa shape index (κ3) is 2.05. The van der Waals surface area contributed by atoms with E-state index in [0.717, 1.165) is 18.0 Å². The Morgan fingerprint density at radius 2 is 2.00 bits per heavy atom. The largest absolute Gasteiger partial charge is 0.330 e. The van der Waals surface area contributed by atoms with Gasteiger partial charge in [0.25, 0.3) is 0 Å². The molecule has 0 bridgehead atoms. The van der Waals surface area contributed by atoms with Crippen molar-refractivity contribution in [3.05, 3.63) is 30.1 Å². The van der Waals surface area contributed by atoms with Gasteiger partial charge in [-0.2, -0.15) is 0 Å². The van der Waals surface area contributed by atoms with Crippen molar-refractivity contribution in [1.29, 1.82) is 0 Å². The first-order valence-electron chi connectivity index (χ1n) is 8.03. The van der Waals surface area contributed by atoms with E-state index in [9.17, 15) is 0 Å². The Morgan fingerprint density at radius 1 is 1.20 bits per heavy atom. The molecule has 2 aliphatic carbocycles. The molecule has 106 valence electrons. The van der Waals surface area contributed by atoms with Gasteiger partial charge < -0.3 is 10.3 Å². The summed E-state index contributed by atoms with van der Waals surface area (Å²) in [5.74, 6) is 1.30. The summed E-state index contributed by atoms with van der Waals surface area (Å²) in [5, 5.41) is 0. The molecule has 3 heteroatoms. The lowest BCUT2D eigenvalue weighted by atomic mass is 9.85. The van der Waals surface area contributed by atoms with Gasteiger partial charge in [0.15, 0.2) is 0 Å². The molecule has 0 saturated heterocycles. The fraction of sp³-hybridized carbons (Fsp3) is 0.588. The van der Waals surface area contributed by atoms with Crippen LogP contribution >= 0.6 is 0 Å². The molecule has 0 spiro atoms. The maximum atomic E-state index is 6.07. The molecular formula is C17H23N3. The first kappa shape index (κ1) is 12.4. The first-order valence-corrected chi connectivity index (χ1v) is 8.03. The average Bonchev–Trinajstić information content (AvgIpc) is 3.02. The lowest BCUT2D eigenvalue weighted by molar-refractivity contribution is 0.440. The van der Waals surface area contributed by atoms with Gasteiger partial charge in [-0.1, -0.05) is 18.9 Å². The number of hydrogen-bond donors (Lipinski definition) is 1.